The molecule has 1 unspecified atom stereocenters. The number of phenolic OH excluding ortho intramolecular Hbond substituents is 2. The van der Waals surface area contributed by atoms with Crippen LogP contribution in [0.15, 0.2) is 38.9 Å². The summed E-state index contributed by atoms with van der Waals surface area (Å²) in [5, 5.41) is 55.6. The molecule has 0 bridgehead atoms. The van der Waals surface area contributed by atoms with Crippen LogP contribution in [0.2, 0.25) is 5.02 Å². The number of nitrogens with zero attached hydrogens (tertiary/aromatic N) is 5. The molecule has 3 atom stereocenters. The Morgan fingerprint density at radius 1 is 1.26 bits per heavy atom. The molecular formula is C32H38ClN9O9S2. The van der Waals surface area contributed by atoms with Crippen molar-refractivity contribution < 1.29 is 48.9 Å². The summed E-state index contributed by atoms with van der Waals surface area (Å²) < 4.78 is 0.605. The number of carboxylic acid groups (broad SMARTS) is 2. The van der Waals surface area contributed by atoms with E-state index >= 15 is 0 Å². The number of hydrogen-bond donors (Lipinski definition) is 7. The Morgan fingerprint density at radius 3 is 2.66 bits per heavy atom. The van der Waals surface area contributed by atoms with E-state index in [0.29, 0.717) is 53.4 Å². The van der Waals surface area contributed by atoms with Gasteiger partial charge in [-0.1, -0.05) is 16.8 Å². The molecule has 0 radical (unpaired) electrons. The molecule has 4 aliphatic heterocycles. The van der Waals surface area contributed by atoms with E-state index in [1.165, 1.54) is 37.1 Å². The zero-order valence-electron chi connectivity index (χ0n) is 28.6. The van der Waals surface area contributed by atoms with Gasteiger partial charge in [0.15, 0.2) is 22.3 Å². The van der Waals surface area contributed by atoms with Gasteiger partial charge in [-0.05, 0) is 26.0 Å². The first-order valence-electron chi connectivity index (χ1n) is 16.6. The first kappa shape index (κ1) is 38.1. The van der Waals surface area contributed by atoms with Crippen LogP contribution in [-0.4, -0.2) is 133 Å². The largest absolute Gasteiger partial charge is 0.543 e. The monoisotopic (exact) mass is 791 g/mol. The highest BCUT2D eigenvalue weighted by molar-refractivity contribution is 8.00. The summed E-state index contributed by atoms with van der Waals surface area (Å²) in [6.45, 7) is 6.16. The number of nitrogen functional groups attached to an aromatic ring is 1. The quantitative estimate of drug-likeness (QED) is 0.0413. The maximum absolute atomic E-state index is 13.5. The number of aromatic hydroxyl groups is 2. The van der Waals surface area contributed by atoms with Crippen molar-refractivity contribution >= 4 is 75.1 Å². The fourth-order valence-electron chi connectivity index (χ4n) is 6.61. The van der Waals surface area contributed by atoms with Crippen molar-refractivity contribution in [3.05, 3.63) is 45.1 Å². The summed E-state index contributed by atoms with van der Waals surface area (Å²) in [5.74, 6) is -4.32. The van der Waals surface area contributed by atoms with E-state index in [0.717, 1.165) is 42.2 Å². The molecule has 6 rings (SSSR count). The highest BCUT2D eigenvalue weighted by atomic mass is 35.5. The van der Waals surface area contributed by atoms with Crippen molar-refractivity contribution in [2.24, 2.45) is 10.1 Å². The topological polar surface area (TPSA) is 264 Å². The van der Waals surface area contributed by atoms with Gasteiger partial charge in [-0.25, -0.2) is 9.78 Å². The molecule has 2 aromatic rings. The number of nitrogens with one attached hydrogen (secondary N) is 3. The van der Waals surface area contributed by atoms with E-state index < -0.39 is 52.2 Å². The van der Waals surface area contributed by atoms with Gasteiger partial charge >= 0.3 is 5.97 Å². The number of halogens is 1. The summed E-state index contributed by atoms with van der Waals surface area (Å²) in [7, 11) is 0. The number of benzene rings is 1. The maximum Gasteiger partial charge on any atom is 0.350 e. The lowest BCUT2D eigenvalue weighted by atomic mass is 10.0. The fraction of sp³-hybridized carbons (Fsp3) is 0.469. The third-order valence-corrected chi connectivity index (χ3v) is 11.9. The van der Waals surface area contributed by atoms with Crippen molar-refractivity contribution in [1.82, 2.24) is 25.8 Å². The van der Waals surface area contributed by atoms with Crippen LogP contribution in [0.3, 0.4) is 0 Å². The summed E-state index contributed by atoms with van der Waals surface area (Å²) in [5.41, 5.74) is 4.40. The standard InChI is InChI=1S/C32H38ClN9O9S2/c1-32(2,30(49)50)51-40-21(17-14-53-31(34)37-17)26(45)39-22-27(46)41-23(29(47)48)15(13-52-28(22)41)12-42(8-3-4-9-42)10-7-35-19-11-36-25(38-19)16-5-6-18(43)24(44)20(16)33/h5-6,14,19,22,28,35H,3-4,7-13H2,1-2H3,(H7-,34,36,37,38,39,40,43,44,45,47,48,49,50)/t19?,22-,28-/m1/s1. The minimum Gasteiger partial charge on any atom is -0.543 e. The average Bonchev–Trinajstić information content (AvgIpc) is 3.88. The Balaban J connectivity index is 1.11. The number of hydrogen-bond acceptors (Lipinski definition) is 16. The second-order valence-corrected chi connectivity index (χ2v) is 15.9. The number of oxime groups is 1. The maximum atomic E-state index is 13.5. The van der Waals surface area contributed by atoms with Crippen LogP contribution >= 0.6 is 34.7 Å². The van der Waals surface area contributed by atoms with Crippen LogP contribution in [0.4, 0.5) is 5.13 Å². The zero-order chi connectivity index (χ0) is 38.2. The van der Waals surface area contributed by atoms with E-state index in [-0.39, 0.29) is 33.5 Å². The first-order chi connectivity index (χ1) is 25.1. The summed E-state index contributed by atoms with van der Waals surface area (Å²) >= 11 is 8.55. The molecule has 1 aromatic carbocycles. The summed E-state index contributed by atoms with van der Waals surface area (Å²) in [4.78, 5) is 65.9. The van der Waals surface area contributed by atoms with Gasteiger partial charge in [-0.3, -0.25) is 24.8 Å². The third-order valence-electron chi connectivity index (χ3n) is 9.50. The van der Waals surface area contributed by atoms with Crippen LogP contribution in [0.5, 0.6) is 11.5 Å². The molecule has 8 N–H and O–H groups in total. The number of phenols is 2. The molecule has 18 nitrogen and oxygen atoms in total. The first-order valence-corrected chi connectivity index (χ1v) is 18.9. The number of rotatable bonds is 14. The lowest BCUT2D eigenvalue weighted by Crippen LogP contribution is -2.72. The average molecular weight is 792 g/mol. The van der Waals surface area contributed by atoms with Crippen molar-refractivity contribution in [1.29, 1.82) is 0 Å². The van der Waals surface area contributed by atoms with Gasteiger partial charge in [0.1, 0.15) is 29.5 Å². The van der Waals surface area contributed by atoms with E-state index in [9.17, 15) is 39.6 Å². The molecule has 0 aliphatic carbocycles. The number of thiazole rings is 1. The molecule has 0 spiro atoms. The predicted molar refractivity (Wildman–Crippen MR) is 193 cm³/mol. The summed E-state index contributed by atoms with van der Waals surface area (Å²) in [6.07, 6.45) is 1.70. The number of amides is 2. The number of nitrogens with two attached hydrogens (primary N) is 1. The minimum atomic E-state index is -1.79. The van der Waals surface area contributed by atoms with Crippen molar-refractivity contribution in [3.63, 3.8) is 0 Å². The number of aliphatic carboxylic acids is 2. The van der Waals surface area contributed by atoms with Gasteiger partial charge in [0, 0.05) is 41.7 Å². The number of carboxylic acids is 2. The minimum absolute atomic E-state index is 0.0102. The molecule has 5 heterocycles. The van der Waals surface area contributed by atoms with E-state index in [1.54, 1.807) is 6.07 Å². The van der Waals surface area contributed by atoms with Crippen molar-refractivity contribution in [3.8, 4) is 11.5 Å². The number of likely N-dealkylation sites (tertiary alicyclic amines) is 1. The molecule has 4 aliphatic rings. The van der Waals surface area contributed by atoms with E-state index in [1.807, 2.05) is 0 Å². The normalized spacial score (nSPS) is 22.5. The SMILES string of the molecule is CC(C)(O/N=C(\C(=O)N[C@@H]1C(=O)N2C(C(=O)[O-])=C(C[N+]3(CCNC4CN=C(c5ccc(O)c(O)c5Cl)N4)CCCC3)CS[C@H]12)c1csc(N)n1)C(=O)O. The van der Waals surface area contributed by atoms with E-state index in [4.69, 9.17) is 22.2 Å². The molecular weight excluding hydrogens is 754 g/mol. The van der Waals surface area contributed by atoms with Crippen molar-refractivity contribution in [2.45, 2.75) is 49.9 Å². The van der Waals surface area contributed by atoms with Crippen LogP contribution < -0.4 is 26.8 Å². The molecule has 1 aromatic heterocycles. The fourth-order valence-corrected chi connectivity index (χ4v) is 8.74. The van der Waals surface area contributed by atoms with Gasteiger partial charge in [-0.15, -0.1) is 23.1 Å². The molecule has 53 heavy (non-hydrogen) atoms. The van der Waals surface area contributed by atoms with E-state index in [2.05, 4.69) is 31.1 Å². The number of anilines is 1. The predicted octanol–water partition coefficient (Wildman–Crippen LogP) is -0.646. The number of fused-ring (bicyclic) bond motifs is 1. The van der Waals surface area contributed by atoms with Crippen LogP contribution in [0.1, 0.15) is 37.9 Å². The second-order valence-electron chi connectivity index (χ2n) is 13.5. The number of amidine groups is 1. The Kier molecular flexibility index (Phi) is 10.8. The summed E-state index contributed by atoms with van der Waals surface area (Å²) in [6, 6.07) is 1.79. The van der Waals surface area contributed by atoms with Gasteiger partial charge < -0.3 is 50.9 Å². The van der Waals surface area contributed by atoms with Gasteiger partial charge in [0.05, 0.1) is 49.0 Å². The van der Waals surface area contributed by atoms with Crippen molar-refractivity contribution in [2.75, 3.05) is 50.8 Å². The van der Waals surface area contributed by atoms with Crippen LogP contribution in [0, 0.1) is 0 Å². The Morgan fingerprint density at radius 2 is 2.00 bits per heavy atom. The zero-order valence-corrected chi connectivity index (χ0v) is 31.0. The lowest BCUT2D eigenvalue weighted by Gasteiger charge is -2.51. The highest BCUT2D eigenvalue weighted by Crippen LogP contribution is 2.41. The molecule has 2 amide bonds. The number of carbonyl (C=O) groups is 4. The number of quaternary nitrogens is 1. The molecule has 2 fully saturated rings. The lowest BCUT2D eigenvalue weighted by molar-refractivity contribution is -0.911. The van der Waals surface area contributed by atoms with Crippen LogP contribution in [0.25, 0.3) is 0 Å². The number of carbonyl (C=O) groups excluding carboxylic acids is 3. The smallest absolute Gasteiger partial charge is 0.350 e. The highest BCUT2D eigenvalue weighted by Gasteiger charge is 2.54. The van der Waals surface area contributed by atoms with Gasteiger partial charge in [0.25, 0.3) is 11.8 Å². The Labute approximate surface area is 316 Å². The molecule has 0 saturated carbocycles. The number of aliphatic imine (C=N–C) groups is 1. The second kappa shape index (κ2) is 15.0. The molecule has 284 valence electrons. The number of thioether (sulfide) groups is 1. The van der Waals surface area contributed by atoms with Gasteiger partial charge in [-0.2, -0.15) is 0 Å². The Bertz CT molecular complexity index is 1930. The third kappa shape index (κ3) is 7.72. The van der Waals surface area contributed by atoms with Crippen LogP contribution in [-0.2, 0) is 24.0 Å². The number of aromatic nitrogens is 1. The molecule has 2 saturated heterocycles. The van der Waals surface area contributed by atoms with Gasteiger partial charge in [0.2, 0.25) is 5.60 Å². The Hall–Kier alpha value is -4.63. The molecule has 21 heteroatoms. The number of β-lactam (4-membered cyclic amide) rings is 1.